The van der Waals surface area contributed by atoms with Crippen molar-refractivity contribution in [3.8, 4) is 0 Å². The van der Waals surface area contributed by atoms with Crippen LogP contribution in [0, 0.1) is 13.8 Å². The highest BCUT2D eigenvalue weighted by atomic mass is 32.1. The van der Waals surface area contributed by atoms with E-state index < -0.39 is 29.7 Å². The van der Waals surface area contributed by atoms with Crippen molar-refractivity contribution in [2.45, 2.75) is 26.8 Å². The Labute approximate surface area is 230 Å². The smallest absolute Gasteiger partial charge is 0.325 e. The zero-order chi connectivity index (χ0) is 28.9. The Balaban J connectivity index is 2.22. The number of nitrogens with two attached hydrogens (primary N) is 2. The van der Waals surface area contributed by atoms with Crippen LogP contribution in [0.3, 0.4) is 0 Å². The molecule has 206 valence electrons. The van der Waals surface area contributed by atoms with E-state index in [1.807, 2.05) is 51.0 Å². The Kier molecular flexibility index (Phi) is 9.25. The highest BCUT2D eigenvalue weighted by molar-refractivity contribution is 7.09. The molecular weight excluding hydrogens is 520 g/mol. The number of nitrogens with one attached hydrogen (secondary N) is 1. The summed E-state index contributed by atoms with van der Waals surface area (Å²) in [5.74, 6) is -2.76. The summed E-state index contributed by atoms with van der Waals surface area (Å²) in [5.41, 5.74) is 14.6. The van der Waals surface area contributed by atoms with Gasteiger partial charge in [-0.25, -0.2) is 0 Å². The van der Waals surface area contributed by atoms with Crippen molar-refractivity contribution >= 4 is 52.3 Å². The lowest BCUT2D eigenvalue weighted by molar-refractivity contribution is -0.143. The highest BCUT2D eigenvalue weighted by Crippen LogP contribution is 2.36. The predicted octanol–water partition coefficient (Wildman–Crippen LogP) is 2.57. The second kappa shape index (κ2) is 12.4. The normalized spacial score (nSPS) is 11.4. The van der Waals surface area contributed by atoms with Gasteiger partial charge in [-0.05, 0) is 67.2 Å². The number of anilines is 3. The van der Waals surface area contributed by atoms with E-state index in [0.29, 0.717) is 11.3 Å². The standard InChI is InChI=1S/C27H32N6O5S/c1-6-38-20(34)14-30-26(36)23(17-10-12-18(13-11-17)32(4)5)33(19-9-7-8-15(2)16(19)3)27(37)24-21(28)22(25(29)35)31-39-24/h7-13,23H,6,14,28H2,1-5H3,(H2,29,35)(H,30,36). The third-order valence-corrected chi connectivity index (χ3v) is 7.00. The van der Waals surface area contributed by atoms with E-state index >= 15 is 0 Å². The van der Waals surface area contributed by atoms with Crippen LogP contribution in [-0.4, -0.2) is 55.3 Å². The first-order valence-corrected chi connectivity index (χ1v) is 12.9. The fraction of sp³-hybridized carbons (Fsp3) is 0.296. The minimum absolute atomic E-state index is 0.0437. The largest absolute Gasteiger partial charge is 0.465 e. The van der Waals surface area contributed by atoms with Crippen LogP contribution >= 0.6 is 11.5 Å². The van der Waals surface area contributed by atoms with Crippen molar-refractivity contribution in [2.75, 3.05) is 42.8 Å². The van der Waals surface area contributed by atoms with Crippen molar-refractivity contribution in [1.29, 1.82) is 0 Å². The van der Waals surface area contributed by atoms with Gasteiger partial charge < -0.3 is 26.4 Å². The average molecular weight is 553 g/mol. The summed E-state index contributed by atoms with van der Waals surface area (Å²) < 4.78 is 8.92. The fourth-order valence-corrected chi connectivity index (χ4v) is 4.68. The van der Waals surface area contributed by atoms with Crippen molar-refractivity contribution in [1.82, 2.24) is 9.69 Å². The van der Waals surface area contributed by atoms with E-state index in [4.69, 9.17) is 16.2 Å². The van der Waals surface area contributed by atoms with E-state index in [-0.39, 0.29) is 29.4 Å². The van der Waals surface area contributed by atoms with Gasteiger partial charge in [0.05, 0.1) is 12.3 Å². The summed E-state index contributed by atoms with van der Waals surface area (Å²) in [6.45, 7) is 5.15. The number of ether oxygens (including phenoxy) is 1. The molecule has 1 atom stereocenters. The molecule has 0 saturated heterocycles. The maximum absolute atomic E-state index is 14.2. The Hall–Kier alpha value is -4.45. The van der Waals surface area contributed by atoms with Crippen LogP contribution in [0.1, 0.15) is 49.8 Å². The lowest BCUT2D eigenvalue weighted by atomic mass is 9.99. The number of carbonyl (C=O) groups is 4. The van der Waals surface area contributed by atoms with Crippen LogP contribution in [0.4, 0.5) is 17.1 Å². The van der Waals surface area contributed by atoms with Crippen molar-refractivity contribution in [2.24, 2.45) is 5.73 Å². The van der Waals surface area contributed by atoms with Gasteiger partial charge in [-0.15, -0.1) is 0 Å². The quantitative estimate of drug-likeness (QED) is 0.323. The molecule has 39 heavy (non-hydrogen) atoms. The van der Waals surface area contributed by atoms with E-state index in [1.54, 1.807) is 31.2 Å². The predicted molar refractivity (Wildman–Crippen MR) is 151 cm³/mol. The van der Waals surface area contributed by atoms with Crippen LogP contribution in [0.25, 0.3) is 0 Å². The van der Waals surface area contributed by atoms with Crippen LogP contribution in [0.5, 0.6) is 0 Å². The number of aryl methyl sites for hydroxylation is 1. The van der Waals surface area contributed by atoms with Crippen molar-refractivity contribution in [3.63, 3.8) is 0 Å². The Morgan fingerprint density at radius 3 is 2.31 bits per heavy atom. The molecule has 11 nitrogen and oxygen atoms in total. The zero-order valence-electron chi connectivity index (χ0n) is 22.5. The van der Waals surface area contributed by atoms with Crippen LogP contribution in [0.15, 0.2) is 42.5 Å². The monoisotopic (exact) mass is 552 g/mol. The van der Waals surface area contributed by atoms with Crippen molar-refractivity contribution < 1.29 is 23.9 Å². The van der Waals surface area contributed by atoms with E-state index in [2.05, 4.69) is 9.69 Å². The number of primary amides is 1. The number of amides is 3. The molecule has 1 heterocycles. The number of benzene rings is 2. The van der Waals surface area contributed by atoms with E-state index in [0.717, 1.165) is 28.3 Å². The third-order valence-electron chi connectivity index (χ3n) is 6.15. The Morgan fingerprint density at radius 2 is 1.74 bits per heavy atom. The van der Waals surface area contributed by atoms with Gasteiger partial charge in [0.15, 0.2) is 5.69 Å². The molecule has 5 N–H and O–H groups in total. The van der Waals surface area contributed by atoms with Crippen LogP contribution in [-0.2, 0) is 14.3 Å². The number of rotatable bonds is 10. The minimum Gasteiger partial charge on any atom is -0.465 e. The molecule has 0 aliphatic heterocycles. The number of hydrogen-bond donors (Lipinski definition) is 3. The first kappa shape index (κ1) is 29.1. The third kappa shape index (κ3) is 6.34. The second-order valence-corrected chi connectivity index (χ2v) is 9.72. The first-order chi connectivity index (χ1) is 18.5. The van der Waals surface area contributed by atoms with Crippen LogP contribution < -0.4 is 26.6 Å². The van der Waals surface area contributed by atoms with Gasteiger partial charge in [-0.2, -0.15) is 4.37 Å². The molecule has 0 aliphatic carbocycles. The summed E-state index contributed by atoms with van der Waals surface area (Å²) in [6.07, 6.45) is 0. The molecule has 0 fully saturated rings. The summed E-state index contributed by atoms with van der Waals surface area (Å²) >= 11 is 0.722. The molecular formula is C27H32N6O5S. The molecule has 2 aromatic carbocycles. The van der Waals surface area contributed by atoms with E-state index in [1.165, 1.54) is 4.90 Å². The molecule has 0 aliphatic rings. The summed E-state index contributed by atoms with van der Waals surface area (Å²) in [7, 11) is 3.76. The zero-order valence-corrected chi connectivity index (χ0v) is 23.3. The first-order valence-electron chi connectivity index (χ1n) is 12.1. The van der Waals surface area contributed by atoms with Gasteiger partial charge in [0.1, 0.15) is 17.5 Å². The highest BCUT2D eigenvalue weighted by Gasteiger charge is 2.37. The molecule has 3 amide bonds. The van der Waals surface area contributed by atoms with Gasteiger partial charge in [-0.1, -0.05) is 24.3 Å². The SMILES string of the molecule is CCOC(=O)CNC(=O)C(c1ccc(N(C)C)cc1)N(C(=O)c1snc(C(N)=O)c1N)c1cccc(C)c1C. The average Bonchev–Trinajstić information content (AvgIpc) is 3.29. The molecule has 0 saturated carbocycles. The number of esters is 1. The summed E-state index contributed by atoms with van der Waals surface area (Å²) in [5, 5.41) is 2.60. The maximum atomic E-state index is 14.2. The molecule has 0 spiro atoms. The Morgan fingerprint density at radius 1 is 1.08 bits per heavy atom. The fourth-order valence-electron chi connectivity index (χ4n) is 3.94. The minimum atomic E-state index is -1.22. The van der Waals surface area contributed by atoms with Gasteiger partial charge >= 0.3 is 5.97 Å². The molecule has 1 aromatic heterocycles. The topological polar surface area (TPSA) is 161 Å². The summed E-state index contributed by atoms with van der Waals surface area (Å²) in [4.78, 5) is 55.0. The number of aromatic nitrogens is 1. The maximum Gasteiger partial charge on any atom is 0.325 e. The Bertz CT molecular complexity index is 1390. The van der Waals surface area contributed by atoms with Gasteiger partial charge in [0.25, 0.3) is 11.8 Å². The van der Waals surface area contributed by atoms with Gasteiger partial charge in [0, 0.05) is 25.5 Å². The van der Waals surface area contributed by atoms with Crippen LogP contribution in [0.2, 0.25) is 0 Å². The number of nitrogens with zero attached hydrogens (tertiary/aromatic N) is 3. The molecule has 3 aromatic rings. The summed E-state index contributed by atoms with van der Waals surface area (Å²) in [6, 6.07) is 11.3. The molecule has 1 unspecified atom stereocenters. The lowest BCUT2D eigenvalue weighted by Crippen LogP contribution is -2.45. The lowest BCUT2D eigenvalue weighted by Gasteiger charge is -2.33. The van der Waals surface area contributed by atoms with Gasteiger partial charge in [0.2, 0.25) is 5.91 Å². The number of hydrogen-bond acceptors (Lipinski definition) is 9. The molecule has 3 rings (SSSR count). The molecule has 0 bridgehead atoms. The molecule has 0 radical (unpaired) electrons. The van der Waals surface area contributed by atoms with Gasteiger partial charge in [-0.3, -0.25) is 24.1 Å². The number of nitrogen functional groups attached to an aromatic ring is 1. The molecule has 12 heteroatoms. The number of carbonyl (C=O) groups excluding carboxylic acids is 4. The van der Waals surface area contributed by atoms with E-state index in [9.17, 15) is 19.2 Å². The van der Waals surface area contributed by atoms with Crippen molar-refractivity contribution in [3.05, 3.63) is 69.7 Å². The second-order valence-electron chi connectivity index (χ2n) is 8.94.